The first-order valence-corrected chi connectivity index (χ1v) is 12.5. The number of carbonyl (C=O) groups is 1. The number of alkyl halides is 6. The molecule has 1 unspecified atom stereocenters. The van der Waals surface area contributed by atoms with Crippen LogP contribution in [0.3, 0.4) is 0 Å². The molecular formula is C20H22Cl7N3O2. The summed E-state index contributed by atoms with van der Waals surface area (Å²) in [6.45, 7) is 5.51. The lowest BCUT2D eigenvalue weighted by atomic mass is 9.90. The predicted molar refractivity (Wildman–Crippen MR) is 133 cm³/mol. The van der Waals surface area contributed by atoms with Crippen LogP contribution in [0.15, 0.2) is 36.9 Å². The van der Waals surface area contributed by atoms with E-state index in [1.165, 1.54) is 17.3 Å². The van der Waals surface area contributed by atoms with Crippen LogP contribution < -0.4 is 4.74 Å². The molecule has 0 amide bonds. The highest BCUT2D eigenvalue weighted by atomic mass is 35.5. The number of benzene rings is 1. The van der Waals surface area contributed by atoms with Gasteiger partial charge in [0, 0.05) is 10.4 Å². The van der Waals surface area contributed by atoms with E-state index in [9.17, 15) is 4.79 Å². The number of aromatic nitrogens is 3. The molecular weight excluding hydrogens is 562 g/mol. The SMILES string of the molecule is CC(C)(C)C(=O)C(Oc1ccc(Cl)cc1)n1cncn1.ClC1C(Cl)C(Cl)C(Cl)C(Cl)C1Cl. The van der Waals surface area contributed by atoms with Gasteiger partial charge in [0.2, 0.25) is 5.78 Å². The molecule has 3 rings (SSSR count). The highest BCUT2D eigenvalue weighted by Gasteiger charge is 2.46. The highest BCUT2D eigenvalue weighted by molar-refractivity contribution is 6.45. The first-order valence-electron chi connectivity index (χ1n) is 9.49. The Bertz CT molecular complexity index is 803. The summed E-state index contributed by atoms with van der Waals surface area (Å²) in [5.74, 6) is 0.463. The Morgan fingerprint density at radius 2 is 1.34 bits per heavy atom. The van der Waals surface area contributed by atoms with Gasteiger partial charge < -0.3 is 4.74 Å². The molecule has 1 aromatic heterocycles. The number of nitrogens with zero attached hydrogens (tertiary/aromatic N) is 3. The summed E-state index contributed by atoms with van der Waals surface area (Å²) in [4.78, 5) is 16.4. The molecule has 1 aromatic carbocycles. The molecule has 1 atom stereocenters. The summed E-state index contributed by atoms with van der Waals surface area (Å²) in [6.07, 6.45) is 1.98. The fourth-order valence-corrected chi connectivity index (χ4v) is 5.09. The topological polar surface area (TPSA) is 57.0 Å². The molecule has 178 valence electrons. The van der Waals surface area contributed by atoms with E-state index in [0.717, 1.165) is 0 Å². The largest absolute Gasteiger partial charge is 0.461 e. The number of ketones is 1. The lowest BCUT2D eigenvalue weighted by Crippen LogP contribution is -2.52. The predicted octanol–water partition coefficient (Wildman–Crippen LogP) is 6.77. The first-order chi connectivity index (χ1) is 14.8. The molecule has 0 bridgehead atoms. The van der Waals surface area contributed by atoms with Crippen LogP contribution in [0.1, 0.15) is 27.0 Å². The molecule has 32 heavy (non-hydrogen) atoms. The zero-order chi connectivity index (χ0) is 24.2. The van der Waals surface area contributed by atoms with E-state index in [0.29, 0.717) is 10.8 Å². The summed E-state index contributed by atoms with van der Waals surface area (Å²) in [6, 6.07) is 6.83. The monoisotopic (exact) mass is 581 g/mol. The molecule has 1 saturated carbocycles. The Morgan fingerprint density at radius 3 is 1.69 bits per heavy atom. The molecule has 1 fully saturated rings. The second-order valence-electron chi connectivity index (χ2n) is 8.08. The van der Waals surface area contributed by atoms with Crippen molar-refractivity contribution in [2.45, 2.75) is 59.3 Å². The zero-order valence-electron chi connectivity index (χ0n) is 17.3. The van der Waals surface area contributed by atoms with Gasteiger partial charge in [0.15, 0.2) is 0 Å². The van der Waals surface area contributed by atoms with Crippen LogP contribution in [-0.4, -0.2) is 52.8 Å². The van der Waals surface area contributed by atoms with Crippen molar-refractivity contribution >= 4 is 87.0 Å². The number of Topliss-reactive ketones (excluding diaryl/α,β-unsaturated/α-hetero) is 1. The third-order valence-electron chi connectivity index (χ3n) is 4.53. The number of hydrogen-bond acceptors (Lipinski definition) is 4. The minimum Gasteiger partial charge on any atom is -0.461 e. The Kier molecular flexibility index (Phi) is 10.5. The fourth-order valence-electron chi connectivity index (χ4n) is 2.63. The van der Waals surface area contributed by atoms with Crippen LogP contribution in [0.2, 0.25) is 5.02 Å². The summed E-state index contributed by atoms with van der Waals surface area (Å²) >= 11 is 41.1. The first kappa shape index (κ1) is 28.1. The van der Waals surface area contributed by atoms with Crippen LogP contribution in [0.4, 0.5) is 0 Å². The van der Waals surface area contributed by atoms with E-state index in [-0.39, 0.29) is 5.78 Å². The van der Waals surface area contributed by atoms with Gasteiger partial charge in [0.1, 0.15) is 18.4 Å². The van der Waals surface area contributed by atoms with Crippen molar-refractivity contribution < 1.29 is 9.53 Å². The summed E-state index contributed by atoms with van der Waals surface area (Å²) in [5.41, 5.74) is -0.553. The number of halogens is 7. The van der Waals surface area contributed by atoms with Gasteiger partial charge in [-0.05, 0) is 24.3 Å². The van der Waals surface area contributed by atoms with Gasteiger partial charge in [-0.3, -0.25) is 4.79 Å². The smallest absolute Gasteiger partial charge is 0.252 e. The van der Waals surface area contributed by atoms with Crippen LogP contribution in [0.25, 0.3) is 0 Å². The van der Waals surface area contributed by atoms with Crippen molar-refractivity contribution in [2.75, 3.05) is 0 Å². The molecule has 1 heterocycles. The lowest BCUT2D eigenvalue weighted by Gasteiger charge is -2.37. The molecule has 1 aliphatic rings. The zero-order valence-corrected chi connectivity index (χ0v) is 22.6. The summed E-state index contributed by atoms with van der Waals surface area (Å²) in [5, 5.41) is 1.99. The van der Waals surface area contributed by atoms with E-state index in [2.05, 4.69) is 10.1 Å². The highest BCUT2D eigenvalue weighted by Crippen LogP contribution is 2.39. The van der Waals surface area contributed by atoms with Crippen molar-refractivity contribution in [1.82, 2.24) is 14.8 Å². The third kappa shape index (κ3) is 7.18. The Morgan fingerprint density at radius 1 is 0.906 bits per heavy atom. The summed E-state index contributed by atoms with van der Waals surface area (Å²) < 4.78 is 7.16. The average Bonchev–Trinajstić information content (AvgIpc) is 3.28. The molecule has 1 aliphatic carbocycles. The number of ether oxygens (including phenoxy) is 1. The maximum Gasteiger partial charge on any atom is 0.252 e. The van der Waals surface area contributed by atoms with E-state index in [1.54, 1.807) is 24.3 Å². The minimum absolute atomic E-state index is 0.0852. The number of rotatable bonds is 4. The van der Waals surface area contributed by atoms with Crippen LogP contribution in [-0.2, 0) is 4.79 Å². The van der Waals surface area contributed by atoms with Crippen molar-refractivity contribution in [3.05, 3.63) is 41.9 Å². The molecule has 0 radical (unpaired) electrons. The fraction of sp³-hybridized carbons (Fsp3) is 0.550. The van der Waals surface area contributed by atoms with Gasteiger partial charge in [-0.15, -0.1) is 69.6 Å². The molecule has 12 heteroatoms. The third-order valence-corrected chi connectivity index (χ3v) is 8.81. The van der Waals surface area contributed by atoms with Gasteiger partial charge >= 0.3 is 0 Å². The summed E-state index contributed by atoms with van der Waals surface area (Å²) in [7, 11) is 0. The van der Waals surface area contributed by atoms with Gasteiger partial charge in [0.05, 0.1) is 32.3 Å². The van der Waals surface area contributed by atoms with E-state index in [4.69, 9.17) is 85.9 Å². The molecule has 0 aliphatic heterocycles. The lowest BCUT2D eigenvalue weighted by molar-refractivity contribution is -0.138. The van der Waals surface area contributed by atoms with Crippen molar-refractivity contribution in [2.24, 2.45) is 5.41 Å². The quantitative estimate of drug-likeness (QED) is 0.373. The molecule has 0 N–H and O–H groups in total. The molecule has 5 nitrogen and oxygen atoms in total. The molecule has 2 aromatic rings. The van der Waals surface area contributed by atoms with Crippen molar-refractivity contribution in [3.63, 3.8) is 0 Å². The van der Waals surface area contributed by atoms with Gasteiger partial charge in [-0.1, -0.05) is 32.4 Å². The van der Waals surface area contributed by atoms with Crippen molar-refractivity contribution in [1.29, 1.82) is 0 Å². The second-order valence-corrected chi connectivity index (χ2v) is 11.5. The van der Waals surface area contributed by atoms with Gasteiger partial charge in [-0.2, -0.15) is 5.10 Å². The van der Waals surface area contributed by atoms with E-state index < -0.39 is 43.9 Å². The maximum atomic E-state index is 12.5. The number of carbonyl (C=O) groups excluding carboxylic acids is 1. The van der Waals surface area contributed by atoms with Gasteiger partial charge in [0.25, 0.3) is 6.23 Å². The second kappa shape index (κ2) is 12.0. The van der Waals surface area contributed by atoms with Gasteiger partial charge in [-0.25, -0.2) is 9.67 Å². The molecule has 0 spiro atoms. The Labute approximate surface area is 222 Å². The normalized spacial score (nSPS) is 28.9. The maximum absolute atomic E-state index is 12.5. The van der Waals surface area contributed by atoms with E-state index >= 15 is 0 Å². The minimum atomic E-state index is -0.848. The van der Waals surface area contributed by atoms with Crippen molar-refractivity contribution in [3.8, 4) is 5.75 Å². The van der Waals surface area contributed by atoms with Crippen LogP contribution in [0.5, 0.6) is 5.75 Å². The van der Waals surface area contributed by atoms with E-state index in [1.807, 2.05) is 20.8 Å². The Hall–Kier alpha value is -0.140. The Balaban J connectivity index is 0.000000258. The van der Waals surface area contributed by atoms with Crippen LogP contribution >= 0.6 is 81.2 Å². The van der Waals surface area contributed by atoms with Crippen LogP contribution in [0, 0.1) is 5.41 Å². The average molecular weight is 585 g/mol. The number of hydrogen-bond donors (Lipinski definition) is 0. The standard InChI is InChI=1S/C14H16ClN3O2.C6H6Cl6/c1-14(2,3)12(19)13(18-9-16-8-17-18)20-11-6-4-10(15)5-7-11;7-1-2(8)4(10)6(12)5(11)3(1)9/h4-9,13H,1-3H3;1-6H. The molecule has 0 saturated heterocycles.